The number of amides is 2. The zero-order valence-electron chi connectivity index (χ0n) is 14.0. The second-order valence-corrected chi connectivity index (χ2v) is 6.94. The Balaban J connectivity index is 1.42. The van der Waals surface area contributed by atoms with Crippen molar-refractivity contribution < 1.29 is 4.79 Å². The zero-order chi connectivity index (χ0) is 15.9. The smallest absolute Gasteiger partial charge is 0.317 e. The predicted molar refractivity (Wildman–Crippen MR) is 93.3 cm³/mol. The molecule has 0 aromatic heterocycles. The minimum Gasteiger partial charge on any atom is -0.334 e. The molecule has 1 aromatic rings. The summed E-state index contributed by atoms with van der Waals surface area (Å²) in [6.07, 6.45) is 6.27. The van der Waals surface area contributed by atoms with Crippen LogP contribution in [0.2, 0.25) is 0 Å². The van der Waals surface area contributed by atoms with Crippen molar-refractivity contribution in [1.82, 2.24) is 15.1 Å². The molecule has 23 heavy (non-hydrogen) atoms. The van der Waals surface area contributed by atoms with Crippen molar-refractivity contribution in [2.45, 2.75) is 38.6 Å². The van der Waals surface area contributed by atoms with Crippen molar-refractivity contribution in [1.29, 1.82) is 0 Å². The van der Waals surface area contributed by atoms with E-state index in [0.29, 0.717) is 6.54 Å². The fourth-order valence-electron chi connectivity index (χ4n) is 3.77. The highest BCUT2D eigenvalue weighted by Gasteiger charge is 2.23. The van der Waals surface area contributed by atoms with Crippen LogP contribution in [0, 0.1) is 5.92 Å². The van der Waals surface area contributed by atoms with Crippen LogP contribution in [0.3, 0.4) is 0 Å². The van der Waals surface area contributed by atoms with Crippen LogP contribution >= 0.6 is 0 Å². The summed E-state index contributed by atoms with van der Waals surface area (Å²) in [4.78, 5) is 17.0. The van der Waals surface area contributed by atoms with Gasteiger partial charge in [0, 0.05) is 26.2 Å². The molecule has 1 atom stereocenters. The molecule has 2 fully saturated rings. The third-order valence-corrected chi connectivity index (χ3v) is 5.14. The van der Waals surface area contributed by atoms with Crippen LogP contribution in [0.4, 0.5) is 4.79 Å². The summed E-state index contributed by atoms with van der Waals surface area (Å²) in [6, 6.07) is 10.2. The van der Waals surface area contributed by atoms with E-state index in [-0.39, 0.29) is 6.03 Å². The molecule has 0 spiro atoms. The Hall–Kier alpha value is -1.55. The Kier molecular flexibility index (Phi) is 5.92. The number of nitrogens with one attached hydrogen (secondary N) is 1. The van der Waals surface area contributed by atoms with Crippen molar-refractivity contribution in [3.05, 3.63) is 35.9 Å². The summed E-state index contributed by atoms with van der Waals surface area (Å²) in [5.74, 6) is 0.764. The van der Waals surface area contributed by atoms with Gasteiger partial charge in [-0.2, -0.15) is 0 Å². The van der Waals surface area contributed by atoms with Crippen molar-refractivity contribution in [3.8, 4) is 0 Å². The van der Waals surface area contributed by atoms with E-state index in [1.807, 2.05) is 23.1 Å². The van der Waals surface area contributed by atoms with Crippen LogP contribution in [0.15, 0.2) is 30.3 Å². The lowest BCUT2D eigenvalue weighted by molar-refractivity contribution is 0.197. The standard InChI is InChI=1S/C19H29N3O/c23-19(20-15-17-7-2-1-3-8-17)22-13-6-9-18(10-14-22)16-21-11-4-5-12-21/h1-3,7-8,18H,4-6,9-16H2,(H,20,23). The molecule has 0 saturated carbocycles. The largest absolute Gasteiger partial charge is 0.334 e. The van der Waals surface area contributed by atoms with Gasteiger partial charge in [-0.3, -0.25) is 0 Å². The van der Waals surface area contributed by atoms with Crippen LogP contribution in [-0.2, 0) is 6.54 Å². The van der Waals surface area contributed by atoms with E-state index in [4.69, 9.17) is 0 Å². The average molecular weight is 315 g/mol. The van der Waals surface area contributed by atoms with Gasteiger partial charge in [0.05, 0.1) is 0 Å². The second kappa shape index (κ2) is 8.34. The molecular formula is C19H29N3O. The van der Waals surface area contributed by atoms with Crippen LogP contribution < -0.4 is 5.32 Å². The maximum Gasteiger partial charge on any atom is 0.317 e. The lowest BCUT2D eigenvalue weighted by atomic mass is 10.0. The summed E-state index contributed by atoms with van der Waals surface area (Å²) in [5.41, 5.74) is 1.16. The number of urea groups is 1. The van der Waals surface area contributed by atoms with E-state index in [9.17, 15) is 4.79 Å². The fraction of sp³-hybridized carbons (Fsp3) is 0.632. The number of nitrogens with zero attached hydrogens (tertiary/aromatic N) is 2. The fourth-order valence-corrected chi connectivity index (χ4v) is 3.77. The number of benzene rings is 1. The van der Waals surface area contributed by atoms with Crippen molar-refractivity contribution in [2.75, 3.05) is 32.7 Å². The number of hydrogen-bond donors (Lipinski definition) is 1. The average Bonchev–Trinajstić information content (AvgIpc) is 2.98. The number of rotatable bonds is 4. The Morgan fingerprint density at radius 1 is 1.00 bits per heavy atom. The summed E-state index contributed by atoms with van der Waals surface area (Å²) < 4.78 is 0. The predicted octanol–water partition coefficient (Wildman–Crippen LogP) is 3.09. The number of carbonyl (C=O) groups excluding carboxylic acids is 1. The highest BCUT2D eigenvalue weighted by molar-refractivity contribution is 5.74. The molecule has 4 nitrogen and oxygen atoms in total. The molecule has 0 aliphatic carbocycles. The number of hydrogen-bond acceptors (Lipinski definition) is 2. The molecule has 1 aromatic carbocycles. The Labute approximate surface area is 139 Å². The summed E-state index contributed by atoms with van der Waals surface area (Å²) in [7, 11) is 0. The summed E-state index contributed by atoms with van der Waals surface area (Å²) >= 11 is 0. The minimum atomic E-state index is 0.0932. The van der Waals surface area contributed by atoms with E-state index in [2.05, 4.69) is 22.3 Å². The maximum atomic E-state index is 12.4. The minimum absolute atomic E-state index is 0.0932. The monoisotopic (exact) mass is 315 g/mol. The molecule has 2 amide bonds. The maximum absolute atomic E-state index is 12.4. The Morgan fingerprint density at radius 3 is 2.57 bits per heavy atom. The first-order valence-corrected chi connectivity index (χ1v) is 9.10. The van der Waals surface area contributed by atoms with Gasteiger partial charge in [0.1, 0.15) is 0 Å². The lowest BCUT2D eigenvalue weighted by Gasteiger charge is -2.23. The highest BCUT2D eigenvalue weighted by Crippen LogP contribution is 2.21. The van der Waals surface area contributed by atoms with Gasteiger partial charge in [-0.05, 0) is 56.7 Å². The van der Waals surface area contributed by atoms with Gasteiger partial charge in [0.25, 0.3) is 0 Å². The van der Waals surface area contributed by atoms with Gasteiger partial charge in [-0.25, -0.2) is 4.79 Å². The highest BCUT2D eigenvalue weighted by atomic mass is 16.2. The normalized spacial score (nSPS) is 22.8. The third-order valence-electron chi connectivity index (χ3n) is 5.14. The summed E-state index contributed by atoms with van der Waals surface area (Å²) in [6.45, 7) is 6.21. The molecule has 0 radical (unpaired) electrons. The first kappa shape index (κ1) is 16.3. The van der Waals surface area contributed by atoms with Crippen LogP contribution in [-0.4, -0.2) is 48.6 Å². The van der Waals surface area contributed by atoms with Crippen LogP contribution in [0.25, 0.3) is 0 Å². The van der Waals surface area contributed by atoms with Gasteiger partial charge in [-0.1, -0.05) is 30.3 Å². The molecule has 126 valence electrons. The Morgan fingerprint density at radius 2 is 1.78 bits per heavy atom. The molecule has 1 N–H and O–H groups in total. The van der Waals surface area contributed by atoms with Gasteiger partial charge >= 0.3 is 6.03 Å². The third kappa shape index (κ3) is 4.96. The van der Waals surface area contributed by atoms with E-state index < -0.39 is 0 Å². The molecule has 4 heteroatoms. The quantitative estimate of drug-likeness (QED) is 0.927. The van der Waals surface area contributed by atoms with Crippen molar-refractivity contribution in [2.24, 2.45) is 5.92 Å². The van der Waals surface area contributed by atoms with Gasteiger partial charge < -0.3 is 15.1 Å². The molecule has 2 saturated heterocycles. The van der Waals surface area contributed by atoms with E-state index >= 15 is 0 Å². The number of carbonyl (C=O) groups is 1. The number of likely N-dealkylation sites (tertiary alicyclic amines) is 2. The zero-order valence-corrected chi connectivity index (χ0v) is 14.0. The van der Waals surface area contributed by atoms with Gasteiger partial charge in [0.15, 0.2) is 0 Å². The van der Waals surface area contributed by atoms with Crippen LogP contribution in [0.5, 0.6) is 0 Å². The molecule has 2 aliphatic rings. The van der Waals surface area contributed by atoms with Crippen molar-refractivity contribution in [3.63, 3.8) is 0 Å². The van der Waals surface area contributed by atoms with E-state index in [1.165, 1.54) is 38.9 Å². The molecule has 2 heterocycles. The molecule has 1 unspecified atom stereocenters. The second-order valence-electron chi connectivity index (χ2n) is 6.94. The molecule has 3 rings (SSSR count). The van der Waals surface area contributed by atoms with Gasteiger partial charge in [0.2, 0.25) is 0 Å². The first-order chi connectivity index (χ1) is 11.3. The van der Waals surface area contributed by atoms with E-state index in [1.54, 1.807) is 0 Å². The first-order valence-electron chi connectivity index (χ1n) is 9.10. The topological polar surface area (TPSA) is 35.6 Å². The summed E-state index contributed by atoms with van der Waals surface area (Å²) in [5, 5.41) is 3.06. The van der Waals surface area contributed by atoms with Gasteiger partial charge in [-0.15, -0.1) is 0 Å². The van der Waals surface area contributed by atoms with Crippen LogP contribution in [0.1, 0.15) is 37.7 Å². The molecular weight excluding hydrogens is 286 g/mol. The van der Waals surface area contributed by atoms with Crippen molar-refractivity contribution >= 4 is 6.03 Å². The molecule has 2 aliphatic heterocycles. The van der Waals surface area contributed by atoms with E-state index in [0.717, 1.165) is 37.4 Å². The molecule has 0 bridgehead atoms. The Bertz CT molecular complexity index is 485. The lowest BCUT2D eigenvalue weighted by Crippen LogP contribution is -2.40. The SMILES string of the molecule is O=C(NCc1ccccc1)N1CCCC(CN2CCCC2)CC1.